The smallest absolute Gasteiger partial charge is 0.237 e. The first-order chi connectivity index (χ1) is 10.3. The molecule has 2 atom stereocenters. The summed E-state index contributed by atoms with van der Waals surface area (Å²) in [4.78, 5) is 12.1. The molecule has 0 bridgehead atoms. The predicted octanol–water partition coefficient (Wildman–Crippen LogP) is 2.33. The van der Waals surface area contributed by atoms with Crippen LogP contribution in [0.4, 0.5) is 0 Å². The molecule has 1 aromatic carbocycles. The predicted molar refractivity (Wildman–Crippen MR) is 82.5 cm³/mol. The van der Waals surface area contributed by atoms with Crippen LogP contribution in [0, 0.1) is 0 Å². The molecule has 4 heteroatoms. The van der Waals surface area contributed by atoms with Crippen molar-refractivity contribution < 1.29 is 9.53 Å². The van der Waals surface area contributed by atoms with Crippen LogP contribution in [0.3, 0.4) is 0 Å². The van der Waals surface area contributed by atoms with E-state index >= 15 is 0 Å². The summed E-state index contributed by atoms with van der Waals surface area (Å²) < 4.78 is 5.31. The van der Waals surface area contributed by atoms with Crippen LogP contribution in [0.1, 0.15) is 49.3 Å². The lowest BCUT2D eigenvalue weighted by Gasteiger charge is -2.30. The highest BCUT2D eigenvalue weighted by Gasteiger charge is 2.27. The highest BCUT2D eigenvalue weighted by molar-refractivity contribution is 5.82. The maximum absolute atomic E-state index is 12.1. The summed E-state index contributed by atoms with van der Waals surface area (Å²) in [5.41, 5.74) is 2.69. The third kappa shape index (κ3) is 3.21. The van der Waals surface area contributed by atoms with Crippen LogP contribution in [0.2, 0.25) is 0 Å². The van der Waals surface area contributed by atoms with E-state index in [-0.39, 0.29) is 18.0 Å². The number of nitrogens with one attached hydrogen (secondary N) is 2. The Morgan fingerprint density at radius 3 is 2.90 bits per heavy atom. The van der Waals surface area contributed by atoms with Crippen LogP contribution >= 0.6 is 0 Å². The van der Waals surface area contributed by atoms with Gasteiger partial charge in [0.25, 0.3) is 0 Å². The summed E-state index contributed by atoms with van der Waals surface area (Å²) in [6, 6.07) is 6.54. The molecule has 1 fully saturated rings. The number of fused-ring (bicyclic) bond motifs is 1. The molecule has 1 aliphatic heterocycles. The van der Waals surface area contributed by atoms with Crippen molar-refractivity contribution in [2.45, 2.75) is 50.6 Å². The van der Waals surface area contributed by atoms with Gasteiger partial charge in [-0.15, -0.1) is 0 Å². The molecule has 114 valence electrons. The fraction of sp³-hybridized carbons (Fsp3) is 0.588. The Kier molecular flexibility index (Phi) is 4.44. The van der Waals surface area contributed by atoms with E-state index in [4.69, 9.17) is 4.74 Å². The van der Waals surface area contributed by atoms with Crippen LogP contribution in [-0.4, -0.2) is 25.6 Å². The van der Waals surface area contributed by atoms with Gasteiger partial charge in [-0.05, 0) is 61.8 Å². The highest BCUT2D eigenvalue weighted by atomic mass is 16.5. The van der Waals surface area contributed by atoms with Crippen molar-refractivity contribution in [3.8, 4) is 5.75 Å². The van der Waals surface area contributed by atoms with E-state index in [9.17, 15) is 4.79 Å². The number of hydrogen-bond donors (Lipinski definition) is 2. The van der Waals surface area contributed by atoms with Gasteiger partial charge >= 0.3 is 0 Å². The number of ether oxygens (including phenoxy) is 1. The van der Waals surface area contributed by atoms with Crippen molar-refractivity contribution in [3.63, 3.8) is 0 Å². The van der Waals surface area contributed by atoms with Gasteiger partial charge in [-0.2, -0.15) is 0 Å². The minimum absolute atomic E-state index is 0.0504. The average molecular weight is 288 g/mol. The Morgan fingerprint density at radius 1 is 1.19 bits per heavy atom. The summed E-state index contributed by atoms with van der Waals surface area (Å²) in [5.74, 6) is 1.08. The number of aryl methyl sites for hydroxylation is 1. The molecular formula is C17H24N2O2. The summed E-state index contributed by atoms with van der Waals surface area (Å²) in [6.45, 7) is 0.815. The molecule has 1 saturated heterocycles. The number of carbonyl (C=O) groups excluding carboxylic acids is 1. The fourth-order valence-corrected chi connectivity index (χ4v) is 3.43. The van der Waals surface area contributed by atoms with Crippen LogP contribution in [-0.2, 0) is 11.2 Å². The van der Waals surface area contributed by atoms with E-state index in [1.54, 1.807) is 7.11 Å². The van der Waals surface area contributed by atoms with E-state index < -0.39 is 0 Å². The van der Waals surface area contributed by atoms with Gasteiger partial charge < -0.3 is 10.1 Å². The second-order valence-electron chi connectivity index (χ2n) is 6.02. The first-order valence-electron chi connectivity index (χ1n) is 7.98. The normalized spacial score (nSPS) is 25.7. The quantitative estimate of drug-likeness (QED) is 0.897. The molecule has 3 rings (SSSR count). The molecule has 1 aliphatic carbocycles. The number of rotatable bonds is 3. The van der Waals surface area contributed by atoms with E-state index in [1.807, 2.05) is 6.07 Å². The van der Waals surface area contributed by atoms with Gasteiger partial charge in [0.05, 0.1) is 13.2 Å². The first kappa shape index (κ1) is 14.4. The third-order valence-corrected chi connectivity index (χ3v) is 4.60. The Balaban J connectivity index is 1.76. The van der Waals surface area contributed by atoms with Gasteiger partial charge in [0.2, 0.25) is 5.91 Å². The van der Waals surface area contributed by atoms with Crippen molar-refractivity contribution in [2.24, 2.45) is 0 Å². The van der Waals surface area contributed by atoms with E-state index in [0.29, 0.717) is 0 Å². The third-order valence-electron chi connectivity index (χ3n) is 4.60. The summed E-state index contributed by atoms with van der Waals surface area (Å²) >= 11 is 0. The molecule has 1 heterocycles. The maximum Gasteiger partial charge on any atom is 0.237 e. The monoisotopic (exact) mass is 288 g/mol. The van der Waals surface area contributed by atoms with Crippen LogP contribution in [0.15, 0.2) is 18.2 Å². The van der Waals surface area contributed by atoms with E-state index in [1.165, 1.54) is 11.1 Å². The van der Waals surface area contributed by atoms with Gasteiger partial charge in [-0.3, -0.25) is 10.1 Å². The zero-order chi connectivity index (χ0) is 14.7. The van der Waals surface area contributed by atoms with Crippen LogP contribution < -0.4 is 15.4 Å². The van der Waals surface area contributed by atoms with Crippen molar-refractivity contribution in [1.82, 2.24) is 10.6 Å². The van der Waals surface area contributed by atoms with E-state index in [0.717, 1.165) is 50.8 Å². The minimum Gasteiger partial charge on any atom is -0.497 e. The molecule has 2 aliphatic rings. The van der Waals surface area contributed by atoms with Crippen LogP contribution in [0.25, 0.3) is 0 Å². The largest absolute Gasteiger partial charge is 0.497 e. The van der Waals surface area contributed by atoms with Crippen molar-refractivity contribution in [3.05, 3.63) is 29.3 Å². The molecular weight excluding hydrogens is 264 g/mol. The van der Waals surface area contributed by atoms with Gasteiger partial charge in [0, 0.05) is 12.6 Å². The van der Waals surface area contributed by atoms with Gasteiger partial charge in [-0.25, -0.2) is 0 Å². The summed E-state index contributed by atoms with van der Waals surface area (Å²) in [5, 5.41) is 6.59. The van der Waals surface area contributed by atoms with Gasteiger partial charge in [-0.1, -0.05) is 6.07 Å². The van der Waals surface area contributed by atoms with E-state index in [2.05, 4.69) is 22.8 Å². The fourth-order valence-electron chi connectivity index (χ4n) is 3.43. The molecule has 21 heavy (non-hydrogen) atoms. The molecule has 0 spiro atoms. The van der Waals surface area contributed by atoms with Crippen LogP contribution in [0.5, 0.6) is 5.75 Å². The SMILES string of the molecule is COc1ccc2c(c1)CCCC2NC1CCCCNC1=O. The molecule has 2 N–H and O–H groups in total. The Labute approximate surface area is 126 Å². The topological polar surface area (TPSA) is 50.4 Å². The van der Waals surface area contributed by atoms with Crippen molar-refractivity contribution in [2.75, 3.05) is 13.7 Å². The van der Waals surface area contributed by atoms with Crippen molar-refractivity contribution in [1.29, 1.82) is 0 Å². The van der Waals surface area contributed by atoms with Crippen molar-refractivity contribution >= 4 is 5.91 Å². The molecule has 1 amide bonds. The maximum atomic E-state index is 12.1. The standard InChI is InChI=1S/C17H24N2O2/c1-21-13-8-9-14-12(11-13)5-4-7-15(14)19-16-6-2-3-10-18-17(16)20/h8-9,11,15-16,19H,2-7,10H2,1H3,(H,18,20). The lowest BCUT2D eigenvalue weighted by atomic mass is 9.87. The Hall–Kier alpha value is -1.55. The lowest BCUT2D eigenvalue weighted by molar-refractivity contribution is -0.123. The first-order valence-corrected chi connectivity index (χ1v) is 7.98. The molecule has 0 saturated carbocycles. The molecule has 2 unspecified atom stereocenters. The second-order valence-corrected chi connectivity index (χ2v) is 6.02. The molecule has 4 nitrogen and oxygen atoms in total. The number of methoxy groups -OCH3 is 1. The summed E-state index contributed by atoms with van der Waals surface area (Å²) in [6.07, 6.45) is 6.49. The highest BCUT2D eigenvalue weighted by Crippen LogP contribution is 2.32. The zero-order valence-corrected chi connectivity index (χ0v) is 12.7. The minimum atomic E-state index is -0.0504. The van der Waals surface area contributed by atoms with Gasteiger partial charge in [0.15, 0.2) is 0 Å². The Morgan fingerprint density at radius 2 is 2.05 bits per heavy atom. The average Bonchev–Trinajstić information content (AvgIpc) is 2.72. The Bertz CT molecular complexity index is 516. The molecule has 0 radical (unpaired) electrons. The summed E-state index contributed by atoms with van der Waals surface area (Å²) in [7, 11) is 1.70. The number of benzene rings is 1. The second kappa shape index (κ2) is 6.48. The molecule has 1 aromatic rings. The number of amides is 1. The number of carbonyl (C=O) groups is 1. The zero-order valence-electron chi connectivity index (χ0n) is 12.7. The molecule has 0 aromatic heterocycles. The number of hydrogen-bond acceptors (Lipinski definition) is 3. The van der Waals surface area contributed by atoms with Gasteiger partial charge in [0.1, 0.15) is 5.75 Å². The lowest BCUT2D eigenvalue weighted by Crippen LogP contribution is -2.44.